The molecular formula is C21H26Cl2N2O2. The molecule has 4 saturated carbocycles. The van der Waals surface area contributed by atoms with Gasteiger partial charge in [0.1, 0.15) is 0 Å². The molecule has 4 fully saturated rings. The van der Waals surface area contributed by atoms with Crippen LogP contribution in [0.2, 0.25) is 10.0 Å². The number of hydrogen-bond donors (Lipinski definition) is 1. The number of nitrogens with zero attached hydrogens (tertiary/aromatic N) is 1. The van der Waals surface area contributed by atoms with Crippen LogP contribution in [0.4, 0.5) is 5.69 Å². The third kappa shape index (κ3) is 3.90. The fourth-order valence-electron chi connectivity index (χ4n) is 5.96. The lowest BCUT2D eigenvalue weighted by Gasteiger charge is -2.56. The molecule has 1 N–H and O–H groups in total. The summed E-state index contributed by atoms with van der Waals surface area (Å²) in [6.07, 6.45) is 7.16. The van der Waals surface area contributed by atoms with Crippen molar-refractivity contribution < 1.29 is 9.59 Å². The lowest BCUT2D eigenvalue weighted by molar-refractivity contribution is -0.144. The summed E-state index contributed by atoms with van der Waals surface area (Å²) in [5.41, 5.74) is 0.303. The maximum atomic E-state index is 13.1. The van der Waals surface area contributed by atoms with E-state index in [0.29, 0.717) is 28.1 Å². The van der Waals surface area contributed by atoms with Crippen LogP contribution in [0.25, 0.3) is 0 Å². The Morgan fingerprint density at radius 1 is 1.04 bits per heavy atom. The summed E-state index contributed by atoms with van der Waals surface area (Å²) in [4.78, 5) is 27.3. The number of benzene rings is 1. The zero-order valence-corrected chi connectivity index (χ0v) is 17.2. The summed E-state index contributed by atoms with van der Waals surface area (Å²) in [6, 6.07) is 5.10. The second-order valence-electron chi connectivity index (χ2n) is 8.94. The minimum atomic E-state index is -0.217. The third-order valence-electron chi connectivity index (χ3n) is 6.68. The van der Waals surface area contributed by atoms with Gasteiger partial charge < -0.3 is 5.32 Å². The smallest absolute Gasteiger partial charge is 0.238 e. The van der Waals surface area contributed by atoms with E-state index in [0.717, 1.165) is 37.0 Å². The Labute approximate surface area is 170 Å². The molecule has 4 nitrogen and oxygen atoms in total. The second kappa shape index (κ2) is 7.38. The Morgan fingerprint density at radius 2 is 1.56 bits per heavy atom. The first-order valence-electron chi connectivity index (χ1n) is 9.80. The number of amides is 1. The van der Waals surface area contributed by atoms with Gasteiger partial charge in [-0.2, -0.15) is 0 Å². The Bertz CT molecular complexity index is 709. The van der Waals surface area contributed by atoms with Crippen LogP contribution in [0.3, 0.4) is 0 Å². The van der Waals surface area contributed by atoms with Gasteiger partial charge in [0.05, 0.1) is 28.8 Å². The molecule has 1 aromatic carbocycles. The van der Waals surface area contributed by atoms with Crippen molar-refractivity contribution in [3.63, 3.8) is 0 Å². The fraction of sp³-hybridized carbons (Fsp3) is 0.619. The van der Waals surface area contributed by atoms with Crippen LogP contribution in [0.15, 0.2) is 18.2 Å². The van der Waals surface area contributed by atoms with Crippen LogP contribution in [0, 0.1) is 23.2 Å². The first-order chi connectivity index (χ1) is 12.8. The Balaban J connectivity index is 1.35. The zero-order valence-electron chi connectivity index (χ0n) is 15.6. The average Bonchev–Trinajstić information content (AvgIpc) is 2.57. The standard InChI is InChI=1S/C21H26Cl2N2O2/c1-25(12-19(27)24-20-16(22)3-2-4-17(20)23)11-18(26)21-8-13-5-14(9-21)7-15(6-13)10-21/h2-4,13-15H,5-12H2,1H3,(H,24,27). The topological polar surface area (TPSA) is 49.4 Å². The van der Waals surface area contributed by atoms with Crippen LogP contribution < -0.4 is 5.32 Å². The number of Topliss-reactive ketones (excluding diaryl/α,β-unsaturated/α-hetero) is 1. The van der Waals surface area contributed by atoms with Gasteiger partial charge in [-0.15, -0.1) is 0 Å². The van der Waals surface area contributed by atoms with Gasteiger partial charge in [0.2, 0.25) is 5.91 Å². The normalized spacial score (nSPS) is 31.3. The molecule has 0 radical (unpaired) electrons. The van der Waals surface area contributed by atoms with E-state index in [-0.39, 0.29) is 17.9 Å². The number of hydrogen-bond acceptors (Lipinski definition) is 3. The molecule has 0 aromatic heterocycles. The highest BCUT2D eigenvalue weighted by Gasteiger charge is 2.54. The van der Waals surface area contributed by atoms with E-state index in [1.54, 1.807) is 23.1 Å². The number of para-hydroxylation sites is 1. The van der Waals surface area contributed by atoms with Gasteiger partial charge in [-0.3, -0.25) is 14.5 Å². The van der Waals surface area contributed by atoms with Gasteiger partial charge in [0.15, 0.2) is 5.78 Å². The Kier molecular flexibility index (Phi) is 5.26. The van der Waals surface area contributed by atoms with Gasteiger partial charge >= 0.3 is 0 Å². The molecule has 0 saturated heterocycles. The maximum absolute atomic E-state index is 13.1. The number of carbonyl (C=O) groups excluding carboxylic acids is 2. The number of anilines is 1. The average molecular weight is 409 g/mol. The predicted molar refractivity (Wildman–Crippen MR) is 108 cm³/mol. The monoisotopic (exact) mass is 408 g/mol. The van der Waals surface area contributed by atoms with E-state index in [2.05, 4.69) is 5.32 Å². The number of carbonyl (C=O) groups is 2. The molecule has 4 aliphatic rings. The quantitative estimate of drug-likeness (QED) is 0.744. The molecule has 1 aromatic rings. The number of halogens is 2. The summed E-state index contributed by atoms with van der Waals surface area (Å²) in [7, 11) is 1.83. The van der Waals surface area contributed by atoms with Gasteiger partial charge in [-0.05, 0) is 75.5 Å². The van der Waals surface area contributed by atoms with E-state index in [1.807, 2.05) is 7.05 Å². The highest BCUT2D eigenvalue weighted by atomic mass is 35.5. The van der Waals surface area contributed by atoms with Gasteiger partial charge in [0.25, 0.3) is 0 Å². The van der Waals surface area contributed by atoms with E-state index < -0.39 is 0 Å². The van der Waals surface area contributed by atoms with Crippen LogP contribution in [-0.2, 0) is 9.59 Å². The summed E-state index contributed by atoms with van der Waals surface area (Å²) in [5.74, 6) is 2.35. The molecule has 4 aliphatic carbocycles. The van der Waals surface area contributed by atoms with Crippen molar-refractivity contribution in [2.75, 3.05) is 25.5 Å². The molecule has 146 valence electrons. The van der Waals surface area contributed by atoms with E-state index >= 15 is 0 Å². The SMILES string of the molecule is CN(CC(=O)Nc1c(Cl)cccc1Cl)CC(=O)C12CC3CC(CC(C3)C1)C2. The van der Waals surface area contributed by atoms with Crippen LogP contribution >= 0.6 is 23.2 Å². The van der Waals surface area contributed by atoms with Crippen molar-refractivity contribution in [3.05, 3.63) is 28.2 Å². The Hall–Kier alpha value is -1.10. The van der Waals surface area contributed by atoms with Crippen molar-refractivity contribution in [2.24, 2.45) is 23.2 Å². The van der Waals surface area contributed by atoms with Crippen molar-refractivity contribution in [1.29, 1.82) is 0 Å². The summed E-state index contributed by atoms with van der Waals surface area (Å²) < 4.78 is 0. The molecular weight excluding hydrogens is 383 g/mol. The predicted octanol–water partition coefficient (Wildman–Crippen LogP) is 4.65. The fourth-order valence-corrected chi connectivity index (χ4v) is 6.45. The molecule has 0 atom stereocenters. The lowest BCUT2D eigenvalue weighted by Crippen LogP contribution is -2.52. The Morgan fingerprint density at radius 3 is 2.07 bits per heavy atom. The molecule has 0 aliphatic heterocycles. The first kappa shape index (κ1) is 19.2. The molecule has 4 bridgehead atoms. The van der Waals surface area contributed by atoms with Crippen molar-refractivity contribution in [1.82, 2.24) is 4.90 Å². The molecule has 1 amide bonds. The highest BCUT2D eigenvalue weighted by molar-refractivity contribution is 6.39. The lowest BCUT2D eigenvalue weighted by atomic mass is 9.48. The van der Waals surface area contributed by atoms with Crippen LogP contribution in [0.5, 0.6) is 0 Å². The molecule has 0 spiro atoms. The first-order valence-corrected chi connectivity index (χ1v) is 10.6. The second-order valence-corrected chi connectivity index (χ2v) is 9.75. The van der Waals surface area contributed by atoms with Gasteiger partial charge in [-0.25, -0.2) is 0 Å². The minimum Gasteiger partial charge on any atom is -0.322 e. The summed E-state index contributed by atoms with van der Waals surface area (Å²) in [5, 5.41) is 3.57. The zero-order chi connectivity index (χ0) is 19.2. The highest BCUT2D eigenvalue weighted by Crippen LogP contribution is 2.60. The number of nitrogens with one attached hydrogen (secondary N) is 1. The number of rotatable bonds is 6. The number of likely N-dealkylation sites (N-methyl/N-ethyl adjacent to an activating group) is 1. The minimum absolute atomic E-state index is 0.120. The van der Waals surface area contributed by atoms with Crippen molar-refractivity contribution in [3.8, 4) is 0 Å². The summed E-state index contributed by atoms with van der Waals surface area (Å²) in [6.45, 7) is 0.468. The van der Waals surface area contributed by atoms with Crippen molar-refractivity contribution >= 4 is 40.6 Å². The molecule has 0 heterocycles. The van der Waals surface area contributed by atoms with Crippen LogP contribution in [-0.4, -0.2) is 36.7 Å². The molecule has 0 unspecified atom stereocenters. The van der Waals surface area contributed by atoms with Crippen LogP contribution in [0.1, 0.15) is 38.5 Å². The largest absolute Gasteiger partial charge is 0.322 e. The van der Waals surface area contributed by atoms with E-state index in [1.165, 1.54) is 19.3 Å². The maximum Gasteiger partial charge on any atom is 0.238 e. The molecule has 5 rings (SSSR count). The number of ketones is 1. The third-order valence-corrected chi connectivity index (χ3v) is 7.31. The van der Waals surface area contributed by atoms with E-state index in [9.17, 15) is 9.59 Å². The van der Waals surface area contributed by atoms with Gasteiger partial charge in [0, 0.05) is 5.41 Å². The van der Waals surface area contributed by atoms with Gasteiger partial charge in [-0.1, -0.05) is 29.3 Å². The molecule has 6 heteroatoms. The van der Waals surface area contributed by atoms with Crippen molar-refractivity contribution in [2.45, 2.75) is 38.5 Å². The van der Waals surface area contributed by atoms with E-state index in [4.69, 9.17) is 23.2 Å². The molecule has 27 heavy (non-hydrogen) atoms. The summed E-state index contributed by atoms with van der Waals surface area (Å²) >= 11 is 12.2.